The topological polar surface area (TPSA) is 66.0 Å². The van der Waals surface area contributed by atoms with Crippen molar-refractivity contribution in [3.05, 3.63) is 18.6 Å². The van der Waals surface area contributed by atoms with Gasteiger partial charge in [0.25, 0.3) is 0 Å². The number of aromatic nitrogens is 3. The molecule has 132 valence electrons. The molecule has 1 fully saturated rings. The molecule has 2 atom stereocenters. The van der Waals surface area contributed by atoms with Gasteiger partial charge in [-0.3, -0.25) is 0 Å². The summed E-state index contributed by atoms with van der Waals surface area (Å²) in [4.78, 5) is 8.52. The Balaban J connectivity index is 1.66. The molecule has 0 bridgehead atoms. The summed E-state index contributed by atoms with van der Waals surface area (Å²) >= 11 is 0. The summed E-state index contributed by atoms with van der Waals surface area (Å²) in [5, 5.41) is 1.23. The molecule has 0 spiro atoms. The maximum absolute atomic E-state index is 6.43. The molecule has 1 saturated carbocycles. The largest absolute Gasteiger partial charge is 0.417 e. The average molecular weight is 347 g/mol. The van der Waals surface area contributed by atoms with E-state index in [1.54, 1.807) is 6.33 Å². The van der Waals surface area contributed by atoms with Crippen LogP contribution in [-0.4, -0.2) is 29.5 Å². The van der Waals surface area contributed by atoms with E-state index in [4.69, 9.17) is 10.2 Å². The third-order valence-corrected chi connectivity index (χ3v) is 10.4. The van der Waals surface area contributed by atoms with Crippen molar-refractivity contribution in [2.45, 2.75) is 64.2 Å². The SMILES string of the molecule is CC(C)(C)[Si](C)(C)OC[C@H]1CC[C@H](n2ccc3c(N)ncnc32)C1. The van der Waals surface area contributed by atoms with E-state index in [-0.39, 0.29) is 5.04 Å². The minimum atomic E-state index is -1.66. The van der Waals surface area contributed by atoms with Crippen molar-refractivity contribution in [2.75, 3.05) is 12.3 Å². The number of hydrogen-bond donors (Lipinski definition) is 1. The van der Waals surface area contributed by atoms with Gasteiger partial charge in [-0.15, -0.1) is 0 Å². The Morgan fingerprint density at radius 1 is 1.29 bits per heavy atom. The molecular weight excluding hydrogens is 316 g/mol. The summed E-state index contributed by atoms with van der Waals surface area (Å²) in [7, 11) is -1.66. The van der Waals surface area contributed by atoms with Crippen molar-refractivity contribution in [2.24, 2.45) is 5.92 Å². The van der Waals surface area contributed by atoms with Crippen molar-refractivity contribution in [1.29, 1.82) is 0 Å². The first-order valence-electron chi connectivity index (χ1n) is 8.90. The lowest BCUT2D eigenvalue weighted by molar-refractivity contribution is 0.227. The summed E-state index contributed by atoms with van der Waals surface area (Å²) in [6.07, 6.45) is 7.22. The van der Waals surface area contributed by atoms with Gasteiger partial charge in [0.1, 0.15) is 17.8 Å². The maximum Gasteiger partial charge on any atom is 0.191 e. The Hall–Kier alpha value is -1.40. The van der Waals surface area contributed by atoms with Crippen molar-refractivity contribution in [3.63, 3.8) is 0 Å². The normalized spacial score (nSPS) is 22.4. The third kappa shape index (κ3) is 3.22. The highest BCUT2D eigenvalue weighted by Gasteiger charge is 2.38. The molecule has 0 aliphatic heterocycles. The van der Waals surface area contributed by atoms with E-state index in [1.165, 1.54) is 12.8 Å². The second-order valence-electron chi connectivity index (χ2n) is 8.62. The number of nitrogens with two attached hydrogens (primary N) is 1. The van der Waals surface area contributed by atoms with Gasteiger partial charge in [0, 0.05) is 18.8 Å². The summed E-state index contributed by atoms with van der Waals surface area (Å²) in [5.41, 5.74) is 6.91. The third-order valence-electron chi connectivity index (χ3n) is 5.93. The predicted molar refractivity (Wildman–Crippen MR) is 101 cm³/mol. The van der Waals surface area contributed by atoms with E-state index >= 15 is 0 Å². The smallest absolute Gasteiger partial charge is 0.191 e. The van der Waals surface area contributed by atoms with Crippen LogP contribution >= 0.6 is 0 Å². The lowest BCUT2D eigenvalue weighted by atomic mass is 10.1. The fraction of sp³-hybridized carbons (Fsp3) is 0.667. The van der Waals surface area contributed by atoms with Crippen LogP contribution in [0.2, 0.25) is 18.1 Å². The second-order valence-corrected chi connectivity index (χ2v) is 13.4. The van der Waals surface area contributed by atoms with Gasteiger partial charge >= 0.3 is 0 Å². The molecule has 1 aliphatic carbocycles. The summed E-state index contributed by atoms with van der Waals surface area (Å²) in [6.45, 7) is 12.5. The first kappa shape index (κ1) is 17.4. The van der Waals surface area contributed by atoms with Crippen LogP contribution in [0.15, 0.2) is 18.6 Å². The van der Waals surface area contributed by atoms with Crippen molar-refractivity contribution in [1.82, 2.24) is 14.5 Å². The highest BCUT2D eigenvalue weighted by Crippen LogP contribution is 2.40. The second kappa shape index (κ2) is 6.15. The van der Waals surface area contributed by atoms with E-state index < -0.39 is 8.32 Å². The van der Waals surface area contributed by atoms with Gasteiger partial charge in [0.15, 0.2) is 8.32 Å². The molecule has 2 N–H and O–H groups in total. The monoisotopic (exact) mass is 346 g/mol. The van der Waals surface area contributed by atoms with Crippen molar-refractivity contribution in [3.8, 4) is 0 Å². The molecule has 2 aromatic heterocycles. The van der Waals surface area contributed by atoms with Crippen LogP contribution in [0, 0.1) is 5.92 Å². The van der Waals surface area contributed by atoms with Gasteiger partial charge in [0.2, 0.25) is 0 Å². The van der Waals surface area contributed by atoms with E-state index in [0.717, 1.165) is 24.1 Å². The average Bonchev–Trinajstić information content (AvgIpc) is 3.10. The highest BCUT2D eigenvalue weighted by molar-refractivity contribution is 6.74. The Kier molecular flexibility index (Phi) is 4.46. The van der Waals surface area contributed by atoms with E-state index in [9.17, 15) is 0 Å². The van der Waals surface area contributed by atoms with Crippen LogP contribution in [-0.2, 0) is 4.43 Å². The number of nitrogens with zero attached hydrogens (tertiary/aromatic N) is 3. The molecule has 0 amide bonds. The Labute approximate surface area is 145 Å². The number of hydrogen-bond acceptors (Lipinski definition) is 4. The van der Waals surface area contributed by atoms with Gasteiger partial charge in [0.05, 0.1) is 5.39 Å². The molecule has 1 aliphatic rings. The Morgan fingerprint density at radius 2 is 2.04 bits per heavy atom. The van der Waals surface area contributed by atoms with Crippen LogP contribution < -0.4 is 5.73 Å². The number of rotatable bonds is 4. The quantitative estimate of drug-likeness (QED) is 0.835. The molecule has 0 aromatic carbocycles. The summed E-state index contributed by atoms with van der Waals surface area (Å²) in [6, 6.07) is 2.52. The molecule has 2 heterocycles. The minimum Gasteiger partial charge on any atom is -0.417 e. The summed E-state index contributed by atoms with van der Waals surface area (Å²) in [5.74, 6) is 1.20. The molecule has 0 unspecified atom stereocenters. The Morgan fingerprint density at radius 3 is 2.75 bits per heavy atom. The van der Waals surface area contributed by atoms with Crippen molar-refractivity contribution < 1.29 is 4.43 Å². The number of fused-ring (bicyclic) bond motifs is 1. The molecule has 24 heavy (non-hydrogen) atoms. The lowest BCUT2D eigenvalue weighted by Crippen LogP contribution is -2.41. The number of anilines is 1. The van der Waals surface area contributed by atoms with Crippen LogP contribution in [0.1, 0.15) is 46.1 Å². The molecule has 0 saturated heterocycles. The molecule has 5 nitrogen and oxygen atoms in total. The zero-order valence-electron chi connectivity index (χ0n) is 15.5. The van der Waals surface area contributed by atoms with E-state index in [0.29, 0.717) is 17.8 Å². The molecule has 0 radical (unpaired) electrons. The van der Waals surface area contributed by atoms with Crippen molar-refractivity contribution >= 4 is 25.2 Å². The zero-order chi connectivity index (χ0) is 17.5. The molecule has 2 aromatic rings. The van der Waals surface area contributed by atoms with Crippen LogP contribution in [0.3, 0.4) is 0 Å². The van der Waals surface area contributed by atoms with Crippen LogP contribution in [0.25, 0.3) is 11.0 Å². The van der Waals surface area contributed by atoms with Gasteiger partial charge < -0.3 is 14.7 Å². The fourth-order valence-corrected chi connectivity index (χ4v) is 4.37. The molecule has 3 rings (SSSR count). The zero-order valence-corrected chi connectivity index (χ0v) is 16.5. The molecule has 6 heteroatoms. The van der Waals surface area contributed by atoms with Gasteiger partial charge in [-0.25, -0.2) is 9.97 Å². The minimum absolute atomic E-state index is 0.274. The van der Waals surface area contributed by atoms with Gasteiger partial charge in [-0.05, 0) is 49.4 Å². The summed E-state index contributed by atoms with van der Waals surface area (Å²) < 4.78 is 8.71. The first-order valence-corrected chi connectivity index (χ1v) is 11.8. The highest BCUT2D eigenvalue weighted by atomic mass is 28.4. The standard InChI is InChI=1S/C18H30N4OSi/c1-18(2,3)24(4,5)23-11-13-6-7-14(10-13)22-9-8-15-16(19)20-12-21-17(15)22/h8-9,12-14H,6-7,10-11H2,1-5H3,(H2,19,20,21)/t13-,14-/m0/s1. The van der Waals surface area contributed by atoms with Gasteiger partial charge in [-0.2, -0.15) is 0 Å². The lowest BCUT2D eigenvalue weighted by Gasteiger charge is -2.37. The van der Waals surface area contributed by atoms with Crippen LogP contribution in [0.5, 0.6) is 0 Å². The predicted octanol–water partition coefficient (Wildman–Crippen LogP) is 4.38. The van der Waals surface area contributed by atoms with Gasteiger partial charge in [-0.1, -0.05) is 20.8 Å². The fourth-order valence-electron chi connectivity index (χ4n) is 3.28. The maximum atomic E-state index is 6.43. The van der Waals surface area contributed by atoms with E-state index in [1.807, 2.05) is 6.07 Å². The van der Waals surface area contributed by atoms with E-state index in [2.05, 4.69) is 54.6 Å². The first-order chi connectivity index (χ1) is 11.2. The van der Waals surface area contributed by atoms with Crippen LogP contribution in [0.4, 0.5) is 5.82 Å². The molecular formula is C18H30N4OSi. The Bertz CT molecular complexity index is 719. The number of nitrogen functional groups attached to an aromatic ring is 1.